The molecule has 1 N–H and O–H groups in total. The highest BCUT2D eigenvalue weighted by molar-refractivity contribution is 6.00. The maximum absolute atomic E-state index is 12.0. The number of nitrogens with zero attached hydrogens (tertiary/aromatic N) is 1. The molecule has 1 aliphatic heterocycles. The number of carbonyl (C=O) groups excluding carboxylic acids is 2. The first-order valence-corrected chi connectivity index (χ1v) is 5.21. The number of hydrogen-bond acceptors (Lipinski definition) is 2. The van der Waals surface area contributed by atoms with Crippen molar-refractivity contribution in [3.05, 3.63) is 0 Å². The molecular formula is C10H18N2O2. The third kappa shape index (κ3) is 1.49. The summed E-state index contributed by atoms with van der Waals surface area (Å²) in [6, 6.07) is -0.255. The molecule has 0 aromatic carbocycles. The summed E-state index contributed by atoms with van der Waals surface area (Å²) in [7, 11) is 0. The third-order valence-electron chi connectivity index (χ3n) is 3.19. The van der Waals surface area contributed by atoms with Gasteiger partial charge in [-0.15, -0.1) is 0 Å². The number of rotatable bonds is 3. The van der Waals surface area contributed by atoms with Crippen LogP contribution in [0.4, 0.5) is 4.79 Å². The van der Waals surface area contributed by atoms with Crippen LogP contribution < -0.4 is 5.32 Å². The van der Waals surface area contributed by atoms with E-state index in [0.29, 0.717) is 13.1 Å². The second-order valence-electron chi connectivity index (χ2n) is 3.70. The van der Waals surface area contributed by atoms with Crippen LogP contribution in [0.1, 0.15) is 33.6 Å². The summed E-state index contributed by atoms with van der Waals surface area (Å²) in [6.45, 7) is 6.74. The van der Waals surface area contributed by atoms with E-state index in [1.54, 1.807) is 0 Å². The Balaban J connectivity index is 2.93. The normalized spacial score (nSPS) is 20.9. The van der Waals surface area contributed by atoms with E-state index in [4.69, 9.17) is 0 Å². The van der Waals surface area contributed by atoms with Crippen LogP contribution in [0.3, 0.4) is 0 Å². The van der Waals surface area contributed by atoms with Crippen LogP contribution in [0, 0.1) is 5.41 Å². The number of hydrogen-bond donors (Lipinski definition) is 1. The van der Waals surface area contributed by atoms with E-state index in [2.05, 4.69) is 5.32 Å². The largest absolute Gasteiger partial charge is 0.337 e. The standard InChI is InChI=1S/C10H18N2O2/c1-4-10(5-2)7-11-9(14)12(6-3)8(10)13/h4-7H2,1-3H3,(H,11,14). The zero-order chi connectivity index (χ0) is 10.8. The molecule has 0 atom stereocenters. The van der Waals surface area contributed by atoms with Crippen LogP contribution in [0.15, 0.2) is 0 Å². The number of amides is 3. The molecule has 1 aliphatic rings. The van der Waals surface area contributed by atoms with Gasteiger partial charge in [0.2, 0.25) is 5.91 Å². The van der Waals surface area contributed by atoms with Crippen molar-refractivity contribution in [3.63, 3.8) is 0 Å². The number of imide groups is 1. The van der Waals surface area contributed by atoms with E-state index in [-0.39, 0.29) is 17.4 Å². The van der Waals surface area contributed by atoms with Crippen molar-refractivity contribution >= 4 is 11.9 Å². The summed E-state index contributed by atoms with van der Waals surface area (Å²) < 4.78 is 0. The van der Waals surface area contributed by atoms with E-state index in [1.807, 2.05) is 20.8 Å². The lowest BCUT2D eigenvalue weighted by Gasteiger charge is -2.39. The minimum Gasteiger partial charge on any atom is -0.337 e. The van der Waals surface area contributed by atoms with Crippen LogP contribution in [0.5, 0.6) is 0 Å². The minimum absolute atomic E-state index is 0.0197. The average molecular weight is 198 g/mol. The van der Waals surface area contributed by atoms with Crippen LogP contribution >= 0.6 is 0 Å². The van der Waals surface area contributed by atoms with Gasteiger partial charge in [-0.3, -0.25) is 9.69 Å². The maximum atomic E-state index is 12.0. The van der Waals surface area contributed by atoms with E-state index in [0.717, 1.165) is 12.8 Å². The van der Waals surface area contributed by atoms with Gasteiger partial charge in [-0.2, -0.15) is 0 Å². The van der Waals surface area contributed by atoms with Gasteiger partial charge >= 0.3 is 6.03 Å². The number of urea groups is 1. The van der Waals surface area contributed by atoms with Crippen LogP contribution in [-0.2, 0) is 4.79 Å². The fourth-order valence-corrected chi connectivity index (χ4v) is 1.88. The molecule has 0 spiro atoms. The van der Waals surface area contributed by atoms with Gasteiger partial charge in [-0.25, -0.2) is 4.79 Å². The Morgan fingerprint density at radius 2 is 1.86 bits per heavy atom. The third-order valence-corrected chi connectivity index (χ3v) is 3.19. The molecule has 80 valence electrons. The smallest absolute Gasteiger partial charge is 0.324 e. The highest BCUT2D eigenvalue weighted by Crippen LogP contribution is 2.30. The topological polar surface area (TPSA) is 49.4 Å². The Kier molecular flexibility index (Phi) is 3.13. The molecule has 0 unspecified atom stereocenters. The van der Waals surface area contributed by atoms with Crippen molar-refractivity contribution in [2.75, 3.05) is 13.1 Å². The van der Waals surface area contributed by atoms with Gasteiger partial charge in [0.25, 0.3) is 0 Å². The minimum atomic E-state index is -0.371. The highest BCUT2D eigenvalue weighted by Gasteiger charge is 2.43. The van der Waals surface area contributed by atoms with Crippen molar-refractivity contribution in [2.45, 2.75) is 33.6 Å². The predicted octanol–water partition coefficient (Wildman–Crippen LogP) is 1.36. The first-order valence-electron chi connectivity index (χ1n) is 5.21. The Hall–Kier alpha value is -1.06. The van der Waals surface area contributed by atoms with E-state index >= 15 is 0 Å². The van der Waals surface area contributed by atoms with Crippen molar-refractivity contribution in [1.29, 1.82) is 0 Å². The second-order valence-corrected chi connectivity index (χ2v) is 3.70. The Morgan fingerprint density at radius 3 is 2.29 bits per heavy atom. The Morgan fingerprint density at radius 1 is 1.29 bits per heavy atom. The lowest BCUT2D eigenvalue weighted by atomic mass is 9.79. The first kappa shape index (κ1) is 11.0. The van der Waals surface area contributed by atoms with Gasteiger partial charge < -0.3 is 5.32 Å². The van der Waals surface area contributed by atoms with Crippen molar-refractivity contribution in [2.24, 2.45) is 5.41 Å². The molecule has 0 aromatic rings. The molecule has 0 bridgehead atoms. The summed E-state index contributed by atoms with van der Waals surface area (Å²) >= 11 is 0. The lowest BCUT2D eigenvalue weighted by molar-refractivity contribution is -0.141. The molecule has 4 nitrogen and oxygen atoms in total. The Labute approximate surface area is 84.7 Å². The molecule has 1 fully saturated rings. The van der Waals surface area contributed by atoms with Crippen molar-refractivity contribution < 1.29 is 9.59 Å². The summed E-state index contributed by atoms with van der Waals surface area (Å²) in [5.41, 5.74) is -0.371. The molecule has 14 heavy (non-hydrogen) atoms. The summed E-state index contributed by atoms with van der Waals surface area (Å²) in [5, 5.41) is 2.77. The van der Waals surface area contributed by atoms with Gasteiger partial charge in [0.15, 0.2) is 0 Å². The quantitative estimate of drug-likeness (QED) is 0.744. The average Bonchev–Trinajstić information content (AvgIpc) is 2.20. The van der Waals surface area contributed by atoms with Gasteiger partial charge in [-0.1, -0.05) is 13.8 Å². The number of nitrogens with one attached hydrogen (secondary N) is 1. The molecule has 0 saturated carbocycles. The molecule has 1 rings (SSSR count). The van der Waals surface area contributed by atoms with Crippen LogP contribution in [-0.4, -0.2) is 29.9 Å². The van der Waals surface area contributed by atoms with Crippen molar-refractivity contribution in [1.82, 2.24) is 10.2 Å². The molecule has 4 heteroatoms. The molecule has 0 aliphatic carbocycles. The van der Waals surface area contributed by atoms with Gasteiger partial charge in [0, 0.05) is 13.1 Å². The summed E-state index contributed by atoms with van der Waals surface area (Å²) in [6.07, 6.45) is 1.55. The maximum Gasteiger partial charge on any atom is 0.324 e. The van der Waals surface area contributed by atoms with Crippen LogP contribution in [0.2, 0.25) is 0 Å². The summed E-state index contributed by atoms with van der Waals surface area (Å²) in [5.74, 6) is -0.0197. The van der Waals surface area contributed by atoms with Crippen LogP contribution in [0.25, 0.3) is 0 Å². The molecule has 1 saturated heterocycles. The van der Waals surface area contributed by atoms with Gasteiger partial charge in [0.1, 0.15) is 0 Å². The predicted molar refractivity (Wildman–Crippen MR) is 53.8 cm³/mol. The molecule has 3 amide bonds. The molecule has 0 aromatic heterocycles. The van der Waals surface area contributed by atoms with E-state index < -0.39 is 0 Å². The number of carbonyl (C=O) groups is 2. The second kappa shape index (κ2) is 3.98. The first-order chi connectivity index (χ1) is 6.61. The molecule has 0 radical (unpaired) electrons. The fourth-order valence-electron chi connectivity index (χ4n) is 1.88. The van der Waals surface area contributed by atoms with Gasteiger partial charge in [-0.05, 0) is 19.8 Å². The molecular weight excluding hydrogens is 180 g/mol. The fraction of sp³-hybridized carbons (Fsp3) is 0.800. The summed E-state index contributed by atoms with van der Waals surface area (Å²) in [4.78, 5) is 24.7. The Bertz CT molecular complexity index is 247. The highest BCUT2D eigenvalue weighted by atomic mass is 16.2. The SMILES string of the molecule is CCN1C(=O)NCC(CC)(CC)C1=O. The van der Waals surface area contributed by atoms with E-state index in [1.165, 1.54) is 4.90 Å². The van der Waals surface area contributed by atoms with Gasteiger partial charge in [0.05, 0.1) is 5.41 Å². The lowest BCUT2D eigenvalue weighted by Crippen LogP contribution is -2.60. The monoisotopic (exact) mass is 198 g/mol. The zero-order valence-electron chi connectivity index (χ0n) is 9.09. The molecule has 1 heterocycles. The zero-order valence-corrected chi connectivity index (χ0v) is 9.09. The van der Waals surface area contributed by atoms with E-state index in [9.17, 15) is 9.59 Å². The van der Waals surface area contributed by atoms with Crippen molar-refractivity contribution in [3.8, 4) is 0 Å².